The average molecular weight is 488 g/mol. The van der Waals surface area contributed by atoms with E-state index in [0.29, 0.717) is 24.6 Å². The first-order valence-electron chi connectivity index (χ1n) is 12.4. The first kappa shape index (κ1) is 25.0. The number of anilines is 1. The van der Waals surface area contributed by atoms with Crippen LogP contribution < -0.4 is 9.04 Å². The molecule has 2 aromatic carbocycles. The van der Waals surface area contributed by atoms with Crippen molar-refractivity contribution in [3.8, 4) is 5.75 Å². The molecule has 0 N–H and O–H groups in total. The van der Waals surface area contributed by atoms with E-state index in [-0.39, 0.29) is 23.0 Å². The van der Waals surface area contributed by atoms with Crippen LogP contribution in [0.15, 0.2) is 47.4 Å². The molecular weight excluding hydrogens is 450 g/mol. The highest BCUT2D eigenvalue weighted by atomic mass is 32.2. The first-order valence-corrected chi connectivity index (χ1v) is 13.8. The molecule has 2 aromatic rings. The molecule has 2 heterocycles. The summed E-state index contributed by atoms with van der Waals surface area (Å²) in [6, 6.07) is 13.0. The number of methoxy groups -OCH3 is 1. The Morgan fingerprint density at radius 2 is 1.79 bits per heavy atom. The monoisotopic (exact) mass is 487 g/mol. The van der Waals surface area contributed by atoms with Gasteiger partial charge in [-0.3, -0.25) is 4.31 Å². The maximum absolute atomic E-state index is 13.8. The molecule has 1 saturated heterocycles. The zero-order chi connectivity index (χ0) is 24.3. The van der Waals surface area contributed by atoms with Gasteiger partial charge in [-0.2, -0.15) is 0 Å². The Labute approximate surface area is 204 Å². The van der Waals surface area contributed by atoms with Gasteiger partial charge in [-0.25, -0.2) is 8.42 Å². The van der Waals surface area contributed by atoms with Crippen molar-refractivity contribution in [2.45, 2.75) is 63.6 Å². The number of ether oxygens (including phenoxy) is 3. The number of fused-ring (bicyclic) bond motifs is 1. The first-order chi connectivity index (χ1) is 16.3. The van der Waals surface area contributed by atoms with Crippen molar-refractivity contribution in [3.05, 3.63) is 53.6 Å². The number of rotatable bonds is 8. The maximum Gasteiger partial charge on any atom is 0.264 e. The van der Waals surface area contributed by atoms with E-state index < -0.39 is 10.0 Å². The van der Waals surface area contributed by atoms with E-state index in [9.17, 15) is 8.42 Å². The Hall–Kier alpha value is -2.09. The topological polar surface area (TPSA) is 65.1 Å². The fourth-order valence-electron chi connectivity index (χ4n) is 4.89. The standard InChI is InChI=1S/C27H37NO5S/c1-5-20-6-8-22(9-7-20)28(18-19(2)3)34(29,30)23-10-11-25-24(16-23)27(31-4)17-26(33-25)21-12-14-32-15-13-21/h6-11,16,19,21,26-27H,5,12-15,17-18H2,1-4H3. The molecule has 0 aliphatic carbocycles. The maximum atomic E-state index is 13.8. The van der Waals surface area contributed by atoms with E-state index in [1.807, 2.05) is 38.1 Å². The lowest BCUT2D eigenvalue weighted by molar-refractivity contribution is -0.0262. The summed E-state index contributed by atoms with van der Waals surface area (Å²) in [5.74, 6) is 1.32. The Balaban J connectivity index is 1.66. The van der Waals surface area contributed by atoms with Crippen molar-refractivity contribution >= 4 is 15.7 Å². The molecule has 2 aliphatic rings. The van der Waals surface area contributed by atoms with Gasteiger partial charge in [-0.15, -0.1) is 0 Å². The van der Waals surface area contributed by atoms with Crippen LogP contribution in [0, 0.1) is 11.8 Å². The van der Waals surface area contributed by atoms with Crippen molar-refractivity contribution in [1.82, 2.24) is 0 Å². The molecule has 4 rings (SSSR count). The molecule has 0 saturated carbocycles. The molecule has 2 unspecified atom stereocenters. The summed E-state index contributed by atoms with van der Waals surface area (Å²) < 4.78 is 46.9. The van der Waals surface area contributed by atoms with Crippen LogP contribution >= 0.6 is 0 Å². The van der Waals surface area contributed by atoms with Crippen molar-refractivity contribution in [2.75, 3.05) is 31.2 Å². The van der Waals surface area contributed by atoms with Gasteiger partial charge in [0.2, 0.25) is 0 Å². The van der Waals surface area contributed by atoms with Crippen molar-refractivity contribution in [3.63, 3.8) is 0 Å². The van der Waals surface area contributed by atoms with E-state index >= 15 is 0 Å². The van der Waals surface area contributed by atoms with E-state index in [4.69, 9.17) is 14.2 Å². The van der Waals surface area contributed by atoms with Gasteiger partial charge in [0.15, 0.2) is 0 Å². The molecule has 0 aromatic heterocycles. The highest BCUT2D eigenvalue weighted by Crippen LogP contribution is 2.42. The third kappa shape index (κ3) is 5.26. The summed E-state index contributed by atoms with van der Waals surface area (Å²) in [5.41, 5.74) is 2.67. The Morgan fingerprint density at radius 3 is 2.41 bits per heavy atom. The highest BCUT2D eigenvalue weighted by molar-refractivity contribution is 7.92. The summed E-state index contributed by atoms with van der Waals surface area (Å²) in [6.07, 6.45) is 3.43. The number of hydrogen-bond donors (Lipinski definition) is 0. The normalized spacial score (nSPS) is 21.2. The minimum absolute atomic E-state index is 0.0540. The van der Waals surface area contributed by atoms with Crippen LogP contribution in [0.2, 0.25) is 0 Å². The van der Waals surface area contributed by atoms with Crippen LogP contribution in [0.5, 0.6) is 5.75 Å². The zero-order valence-corrected chi connectivity index (χ0v) is 21.5. The quantitative estimate of drug-likeness (QED) is 0.501. The molecule has 0 spiro atoms. The number of hydrogen-bond acceptors (Lipinski definition) is 5. The van der Waals surface area contributed by atoms with Gasteiger partial charge >= 0.3 is 0 Å². The highest BCUT2D eigenvalue weighted by Gasteiger charge is 2.36. The fourth-order valence-corrected chi connectivity index (χ4v) is 6.56. The summed E-state index contributed by atoms with van der Waals surface area (Å²) in [7, 11) is -2.08. The molecule has 0 bridgehead atoms. The van der Waals surface area contributed by atoms with Gasteiger partial charge in [0.25, 0.3) is 10.0 Å². The van der Waals surface area contributed by atoms with Gasteiger partial charge in [0.1, 0.15) is 11.9 Å². The van der Waals surface area contributed by atoms with Gasteiger partial charge in [-0.1, -0.05) is 32.9 Å². The molecule has 7 heteroatoms. The number of nitrogens with zero attached hydrogens (tertiary/aromatic N) is 1. The summed E-state index contributed by atoms with van der Waals surface area (Å²) in [6.45, 7) is 8.07. The second-order valence-corrected chi connectivity index (χ2v) is 11.6. The van der Waals surface area contributed by atoms with Crippen molar-refractivity contribution in [1.29, 1.82) is 0 Å². The summed E-state index contributed by atoms with van der Waals surface area (Å²) in [5, 5.41) is 0. The van der Waals surface area contributed by atoms with Crippen LogP contribution in [0.1, 0.15) is 57.3 Å². The predicted octanol–water partition coefficient (Wildman–Crippen LogP) is 5.37. The number of benzene rings is 2. The minimum Gasteiger partial charge on any atom is -0.490 e. The molecule has 6 nitrogen and oxygen atoms in total. The fraction of sp³-hybridized carbons (Fsp3) is 0.556. The molecule has 0 amide bonds. The van der Waals surface area contributed by atoms with Crippen molar-refractivity contribution < 1.29 is 22.6 Å². The lowest BCUT2D eigenvalue weighted by atomic mass is 9.87. The van der Waals surface area contributed by atoms with Crippen LogP contribution in [0.25, 0.3) is 0 Å². The Bertz CT molecular complexity index is 1060. The van der Waals surface area contributed by atoms with Gasteiger partial charge < -0.3 is 14.2 Å². The van der Waals surface area contributed by atoms with Crippen LogP contribution in [0.3, 0.4) is 0 Å². The largest absolute Gasteiger partial charge is 0.490 e. The number of sulfonamides is 1. The third-order valence-electron chi connectivity index (χ3n) is 6.88. The number of aryl methyl sites for hydroxylation is 1. The lowest BCUT2D eigenvalue weighted by Crippen LogP contribution is -2.37. The smallest absolute Gasteiger partial charge is 0.264 e. The molecule has 186 valence electrons. The third-order valence-corrected chi connectivity index (χ3v) is 8.67. The molecular formula is C27H37NO5S. The molecule has 34 heavy (non-hydrogen) atoms. The van der Waals surface area contributed by atoms with E-state index in [2.05, 4.69) is 6.92 Å². The average Bonchev–Trinajstić information content (AvgIpc) is 2.86. The lowest BCUT2D eigenvalue weighted by Gasteiger charge is -2.37. The van der Waals surface area contributed by atoms with Gasteiger partial charge in [0.05, 0.1) is 16.7 Å². The molecule has 0 radical (unpaired) electrons. The van der Waals surface area contributed by atoms with E-state index in [1.165, 1.54) is 9.87 Å². The molecule has 2 aliphatic heterocycles. The van der Waals surface area contributed by atoms with Crippen LogP contribution in [0.4, 0.5) is 5.69 Å². The predicted molar refractivity (Wildman–Crippen MR) is 134 cm³/mol. The second-order valence-electron chi connectivity index (χ2n) is 9.72. The Kier molecular flexibility index (Phi) is 7.85. The Morgan fingerprint density at radius 1 is 1.09 bits per heavy atom. The second kappa shape index (κ2) is 10.7. The van der Waals surface area contributed by atoms with Gasteiger partial charge in [-0.05, 0) is 61.1 Å². The molecule has 2 atom stereocenters. The molecule has 1 fully saturated rings. The minimum atomic E-state index is -3.76. The SMILES string of the molecule is CCc1ccc(N(CC(C)C)S(=O)(=O)c2ccc3c(c2)C(OC)CC(C2CCOCC2)O3)cc1. The van der Waals surface area contributed by atoms with Gasteiger partial charge in [0, 0.05) is 44.8 Å². The summed E-state index contributed by atoms with van der Waals surface area (Å²) in [4.78, 5) is 0.265. The zero-order valence-electron chi connectivity index (χ0n) is 20.7. The van der Waals surface area contributed by atoms with E-state index in [0.717, 1.165) is 43.8 Å². The van der Waals surface area contributed by atoms with Crippen molar-refractivity contribution in [2.24, 2.45) is 11.8 Å². The summed E-state index contributed by atoms with van der Waals surface area (Å²) >= 11 is 0. The van der Waals surface area contributed by atoms with E-state index in [1.54, 1.807) is 25.3 Å². The van der Waals surface area contributed by atoms with Crippen LogP contribution in [-0.2, 0) is 25.9 Å². The van der Waals surface area contributed by atoms with Crippen LogP contribution in [-0.4, -0.2) is 41.4 Å².